The summed E-state index contributed by atoms with van der Waals surface area (Å²) in [5, 5.41) is 3.83. The lowest BCUT2D eigenvalue weighted by molar-refractivity contribution is -0.127. The molecule has 6 rings (SSSR count). The van der Waals surface area contributed by atoms with E-state index < -0.39 is 23.4 Å². The van der Waals surface area contributed by atoms with E-state index in [-0.39, 0.29) is 54.1 Å². The summed E-state index contributed by atoms with van der Waals surface area (Å²) in [4.78, 5) is 61.2. The van der Waals surface area contributed by atoms with Gasteiger partial charge in [0.05, 0.1) is 16.6 Å². The molecular weight excluding hydrogens is 537 g/mol. The number of fused-ring (bicyclic) bond motifs is 2. The number of nitrogens with zero attached hydrogens (tertiary/aromatic N) is 2. The molecule has 42 heavy (non-hydrogen) atoms. The number of H-pyrrole nitrogens is 2. The van der Waals surface area contributed by atoms with Crippen LogP contribution in [0.4, 0.5) is 4.39 Å². The zero-order chi connectivity index (χ0) is 29.2. The van der Waals surface area contributed by atoms with E-state index in [0.717, 1.165) is 22.7 Å². The lowest BCUT2D eigenvalue weighted by Crippen LogP contribution is -2.52. The van der Waals surface area contributed by atoms with Gasteiger partial charge in [-0.15, -0.1) is 0 Å². The minimum Gasteiger partial charge on any atom is -0.360 e. The second-order valence-electron chi connectivity index (χ2n) is 10.2. The molecule has 212 valence electrons. The number of carbonyl (C=O) groups is 4. The summed E-state index contributed by atoms with van der Waals surface area (Å²) in [6.07, 6.45) is 1.84. The number of piperazine rings is 1. The van der Waals surface area contributed by atoms with Crippen LogP contribution in [-0.2, 0) is 11.2 Å². The fraction of sp³-hybridized carbons (Fsp3) is 0.188. The molecule has 0 unspecified atom stereocenters. The normalized spacial score (nSPS) is 13.5. The first-order valence-corrected chi connectivity index (χ1v) is 13.7. The smallest absolute Gasteiger partial charge is 0.295 e. The number of Topliss-reactive ketones (excluding diaryl/α,β-unsaturated/α-hetero) is 1. The van der Waals surface area contributed by atoms with Gasteiger partial charge in [-0.25, -0.2) is 4.39 Å². The number of halogens is 1. The van der Waals surface area contributed by atoms with E-state index in [1.165, 1.54) is 17.2 Å². The number of aromatic amines is 2. The van der Waals surface area contributed by atoms with Gasteiger partial charge in [0, 0.05) is 67.5 Å². The third kappa shape index (κ3) is 5.14. The van der Waals surface area contributed by atoms with Crippen LogP contribution in [0.3, 0.4) is 0 Å². The maximum absolute atomic E-state index is 15.0. The van der Waals surface area contributed by atoms with Crippen LogP contribution < -0.4 is 5.32 Å². The van der Waals surface area contributed by atoms with Crippen LogP contribution in [0.25, 0.3) is 21.8 Å². The Morgan fingerprint density at radius 2 is 1.55 bits per heavy atom. The zero-order valence-electron chi connectivity index (χ0n) is 22.7. The molecule has 2 aromatic heterocycles. The fourth-order valence-electron chi connectivity index (χ4n) is 5.38. The maximum atomic E-state index is 15.0. The van der Waals surface area contributed by atoms with E-state index in [4.69, 9.17) is 0 Å². The molecule has 1 aliphatic heterocycles. The molecule has 3 heterocycles. The van der Waals surface area contributed by atoms with Crippen LogP contribution in [0.2, 0.25) is 0 Å². The van der Waals surface area contributed by atoms with Crippen molar-refractivity contribution in [3.8, 4) is 0 Å². The maximum Gasteiger partial charge on any atom is 0.295 e. The number of benzene rings is 3. The monoisotopic (exact) mass is 565 g/mol. The van der Waals surface area contributed by atoms with Gasteiger partial charge in [0.25, 0.3) is 23.5 Å². The first-order chi connectivity index (χ1) is 20.4. The number of hydrogen-bond acceptors (Lipinski definition) is 4. The van der Waals surface area contributed by atoms with Crippen LogP contribution in [-0.4, -0.2) is 76.0 Å². The quantitative estimate of drug-likeness (QED) is 0.205. The van der Waals surface area contributed by atoms with E-state index >= 15 is 0 Å². The van der Waals surface area contributed by atoms with Gasteiger partial charge in [-0.05, 0) is 41.8 Å². The van der Waals surface area contributed by atoms with Crippen molar-refractivity contribution < 1.29 is 23.6 Å². The van der Waals surface area contributed by atoms with Crippen molar-refractivity contribution in [1.29, 1.82) is 0 Å². The van der Waals surface area contributed by atoms with Crippen molar-refractivity contribution in [3.05, 3.63) is 107 Å². The van der Waals surface area contributed by atoms with Crippen LogP contribution >= 0.6 is 0 Å². The van der Waals surface area contributed by atoms with Crippen LogP contribution in [0, 0.1) is 5.82 Å². The second kappa shape index (κ2) is 11.3. The predicted molar refractivity (Wildman–Crippen MR) is 156 cm³/mol. The van der Waals surface area contributed by atoms with E-state index in [9.17, 15) is 23.6 Å². The van der Waals surface area contributed by atoms with Gasteiger partial charge in [0.1, 0.15) is 5.82 Å². The van der Waals surface area contributed by atoms with E-state index in [1.54, 1.807) is 29.2 Å². The number of nitrogens with one attached hydrogen (secondary N) is 3. The molecule has 0 atom stereocenters. The van der Waals surface area contributed by atoms with Gasteiger partial charge in [0.2, 0.25) is 0 Å². The van der Waals surface area contributed by atoms with Gasteiger partial charge in [-0.3, -0.25) is 19.2 Å². The molecular formula is C32H28FN5O4. The Hall–Kier alpha value is -5.25. The molecule has 0 saturated carbocycles. The summed E-state index contributed by atoms with van der Waals surface area (Å²) in [7, 11) is 0. The van der Waals surface area contributed by atoms with Crippen molar-refractivity contribution in [3.63, 3.8) is 0 Å². The molecule has 0 radical (unpaired) electrons. The summed E-state index contributed by atoms with van der Waals surface area (Å²) >= 11 is 0. The molecule has 3 aromatic carbocycles. The van der Waals surface area contributed by atoms with E-state index in [0.29, 0.717) is 18.5 Å². The molecule has 0 spiro atoms. The number of hydrogen-bond donors (Lipinski definition) is 3. The van der Waals surface area contributed by atoms with E-state index in [1.807, 2.05) is 36.4 Å². The topological polar surface area (TPSA) is 118 Å². The number of aromatic nitrogens is 2. The molecule has 1 saturated heterocycles. The van der Waals surface area contributed by atoms with Crippen molar-refractivity contribution in [2.45, 2.75) is 6.42 Å². The van der Waals surface area contributed by atoms with Crippen LogP contribution in [0.15, 0.2) is 79.0 Å². The van der Waals surface area contributed by atoms with Gasteiger partial charge in [-0.1, -0.05) is 36.4 Å². The number of para-hydroxylation sites is 1. The van der Waals surface area contributed by atoms with E-state index in [2.05, 4.69) is 15.3 Å². The van der Waals surface area contributed by atoms with Crippen LogP contribution in [0.1, 0.15) is 36.8 Å². The number of rotatable bonds is 7. The van der Waals surface area contributed by atoms with Crippen LogP contribution in [0.5, 0.6) is 0 Å². The Bertz CT molecular complexity index is 1790. The molecule has 0 aliphatic carbocycles. The molecule has 5 aromatic rings. The summed E-state index contributed by atoms with van der Waals surface area (Å²) < 4.78 is 15.0. The standard InChI is InChI=1S/C32H28FN5O4/c33-25-11-10-23(30(40)34-13-12-22-18-21-8-4-5-9-26(21)36-22)28-27(25)24(19-35-28)29(39)32(42)38-16-14-37(15-17-38)31(41)20-6-2-1-3-7-20/h1-11,18-19,35-36H,12-17H2,(H,34,40). The minimum absolute atomic E-state index is 0.102. The van der Waals surface area contributed by atoms with Crippen molar-refractivity contribution >= 4 is 45.3 Å². The highest BCUT2D eigenvalue weighted by atomic mass is 19.1. The molecule has 3 N–H and O–H groups in total. The minimum atomic E-state index is -0.876. The van der Waals surface area contributed by atoms with Gasteiger partial charge in [-0.2, -0.15) is 0 Å². The molecule has 1 fully saturated rings. The first-order valence-electron chi connectivity index (χ1n) is 13.7. The lowest BCUT2D eigenvalue weighted by Gasteiger charge is -2.34. The first kappa shape index (κ1) is 26.9. The molecule has 9 nitrogen and oxygen atoms in total. The largest absolute Gasteiger partial charge is 0.360 e. The van der Waals surface area contributed by atoms with Gasteiger partial charge < -0.3 is 25.1 Å². The summed E-state index contributed by atoms with van der Waals surface area (Å²) in [5.41, 5.74) is 2.72. The summed E-state index contributed by atoms with van der Waals surface area (Å²) in [5.74, 6) is -2.94. The predicted octanol–water partition coefficient (Wildman–Crippen LogP) is 3.93. The fourth-order valence-corrected chi connectivity index (χ4v) is 5.38. The third-order valence-corrected chi connectivity index (χ3v) is 7.61. The Balaban J connectivity index is 1.12. The number of carbonyl (C=O) groups excluding carboxylic acids is 4. The highest BCUT2D eigenvalue weighted by Crippen LogP contribution is 2.26. The Labute approximate surface area is 240 Å². The molecule has 10 heteroatoms. The SMILES string of the molecule is O=C(NCCc1cc2ccccc2[nH]1)c1ccc(F)c2c(C(=O)C(=O)N3CCN(C(=O)c4ccccc4)CC3)c[nH]c12. The molecule has 1 aliphatic rings. The van der Waals surface area contributed by atoms with Gasteiger partial charge in [0.15, 0.2) is 0 Å². The van der Waals surface area contributed by atoms with Crippen molar-refractivity contribution in [1.82, 2.24) is 25.1 Å². The summed E-state index contributed by atoms with van der Waals surface area (Å²) in [6.45, 7) is 1.25. The zero-order valence-corrected chi connectivity index (χ0v) is 22.7. The Morgan fingerprint density at radius 3 is 2.31 bits per heavy atom. The average molecular weight is 566 g/mol. The van der Waals surface area contributed by atoms with Crippen molar-refractivity contribution in [2.75, 3.05) is 32.7 Å². The number of amides is 3. The van der Waals surface area contributed by atoms with Gasteiger partial charge >= 0.3 is 0 Å². The Kier molecular flexibility index (Phi) is 7.26. The Morgan fingerprint density at radius 1 is 0.833 bits per heavy atom. The molecule has 0 bridgehead atoms. The molecule has 3 amide bonds. The highest BCUT2D eigenvalue weighted by molar-refractivity contribution is 6.45. The van der Waals surface area contributed by atoms with Crippen molar-refractivity contribution in [2.24, 2.45) is 0 Å². The average Bonchev–Trinajstić information content (AvgIpc) is 3.66. The highest BCUT2D eigenvalue weighted by Gasteiger charge is 2.31. The number of ketones is 1. The third-order valence-electron chi connectivity index (χ3n) is 7.61. The summed E-state index contributed by atoms with van der Waals surface area (Å²) in [6, 6.07) is 21.2. The lowest BCUT2D eigenvalue weighted by atomic mass is 10.0. The second-order valence-corrected chi connectivity index (χ2v) is 10.2.